The van der Waals surface area contributed by atoms with E-state index in [0.717, 1.165) is 29.7 Å². The van der Waals surface area contributed by atoms with E-state index in [4.69, 9.17) is 17.3 Å². The van der Waals surface area contributed by atoms with Crippen molar-refractivity contribution in [3.63, 3.8) is 0 Å². The molecule has 0 bridgehead atoms. The number of aromatic amines is 1. The first kappa shape index (κ1) is 10.5. The number of nitrogens with zero attached hydrogens (tertiary/aromatic N) is 1. The zero-order chi connectivity index (χ0) is 10.8. The number of hydrogen-bond donors (Lipinski definition) is 2. The van der Waals surface area contributed by atoms with Gasteiger partial charge >= 0.3 is 0 Å². The second-order valence-electron chi connectivity index (χ2n) is 3.69. The highest BCUT2D eigenvalue weighted by atomic mass is 35.5. The fraction of sp³-hybridized carbons (Fsp3) is 0.364. The van der Waals surface area contributed by atoms with Gasteiger partial charge in [0.2, 0.25) is 0 Å². The van der Waals surface area contributed by atoms with Crippen molar-refractivity contribution in [2.24, 2.45) is 5.73 Å². The maximum absolute atomic E-state index is 6.14. The third-order valence-electron chi connectivity index (χ3n) is 2.39. The summed E-state index contributed by atoms with van der Waals surface area (Å²) >= 11 is 6.14. The Bertz CT molecular complexity index is 476. The highest BCUT2D eigenvalue weighted by molar-refractivity contribution is 6.35. The van der Waals surface area contributed by atoms with Crippen LogP contribution in [0.4, 0.5) is 0 Å². The van der Waals surface area contributed by atoms with Crippen LogP contribution in [0.15, 0.2) is 12.1 Å². The van der Waals surface area contributed by atoms with Crippen molar-refractivity contribution in [1.29, 1.82) is 0 Å². The molecule has 2 aromatic rings. The quantitative estimate of drug-likeness (QED) is 0.840. The van der Waals surface area contributed by atoms with Crippen LogP contribution in [0.2, 0.25) is 5.02 Å². The van der Waals surface area contributed by atoms with Crippen molar-refractivity contribution in [1.82, 2.24) is 9.97 Å². The summed E-state index contributed by atoms with van der Waals surface area (Å²) in [5.41, 5.74) is 8.55. The zero-order valence-electron chi connectivity index (χ0n) is 8.68. The second kappa shape index (κ2) is 4.21. The molecule has 2 rings (SSSR count). The van der Waals surface area contributed by atoms with E-state index in [1.54, 1.807) is 0 Å². The summed E-state index contributed by atoms with van der Waals surface area (Å²) in [5.74, 6) is 0.892. The lowest BCUT2D eigenvalue weighted by Gasteiger charge is -2.01. The summed E-state index contributed by atoms with van der Waals surface area (Å²) in [6, 6.07) is 4.07. The van der Waals surface area contributed by atoms with Crippen LogP contribution in [-0.2, 0) is 6.42 Å². The molecule has 1 aromatic heterocycles. The average molecular weight is 224 g/mol. The van der Waals surface area contributed by atoms with Gasteiger partial charge in [-0.3, -0.25) is 0 Å². The zero-order valence-corrected chi connectivity index (χ0v) is 9.43. The predicted octanol–water partition coefficient (Wildman–Crippen LogP) is 2.42. The van der Waals surface area contributed by atoms with Crippen LogP contribution < -0.4 is 5.73 Å². The molecular formula is C11H14ClN3. The second-order valence-corrected chi connectivity index (χ2v) is 4.10. The number of aromatic nitrogens is 2. The van der Waals surface area contributed by atoms with Crippen LogP contribution in [0, 0.1) is 6.92 Å². The number of H-pyrrole nitrogens is 1. The lowest BCUT2D eigenvalue weighted by Crippen LogP contribution is -2.00. The molecule has 0 spiro atoms. The summed E-state index contributed by atoms with van der Waals surface area (Å²) in [6.45, 7) is 2.63. The van der Waals surface area contributed by atoms with Gasteiger partial charge in [-0.15, -0.1) is 0 Å². The first-order chi connectivity index (χ1) is 7.20. The standard InChI is InChI=1S/C11H14ClN3/c1-7-14-10-6-8(3-2-4-13)5-9(12)11(10)15-7/h5-6H,2-4,13H2,1H3,(H,14,15). The van der Waals surface area contributed by atoms with Gasteiger partial charge in [0.05, 0.1) is 10.5 Å². The molecule has 0 fully saturated rings. The Hall–Kier alpha value is -1.06. The lowest BCUT2D eigenvalue weighted by molar-refractivity contribution is 0.833. The summed E-state index contributed by atoms with van der Waals surface area (Å²) in [7, 11) is 0. The minimum Gasteiger partial charge on any atom is -0.342 e. The van der Waals surface area contributed by atoms with Gasteiger partial charge in [-0.1, -0.05) is 11.6 Å². The van der Waals surface area contributed by atoms with E-state index in [0.29, 0.717) is 11.6 Å². The first-order valence-corrected chi connectivity index (χ1v) is 5.43. The number of nitrogens with one attached hydrogen (secondary N) is 1. The molecule has 15 heavy (non-hydrogen) atoms. The molecule has 80 valence electrons. The molecule has 0 aliphatic heterocycles. The summed E-state index contributed by atoms with van der Waals surface area (Å²) in [5, 5.41) is 0.712. The van der Waals surface area contributed by atoms with Gasteiger partial charge in [-0.25, -0.2) is 4.98 Å². The fourth-order valence-electron chi connectivity index (χ4n) is 1.71. The first-order valence-electron chi connectivity index (χ1n) is 5.05. The molecule has 0 atom stereocenters. The van der Waals surface area contributed by atoms with Gasteiger partial charge in [-0.05, 0) is 44.0 Å². The number of imidazole rings is 1. The topological polar surface area (TPSA) is 54.7 Å². The summed E-state index contributed by atoms with van der Waals surface area (Å²) < 4.78 is 0. The number of hydrogen-bond acceptors (Lipinski definition) is 2. The molecular weight excluding hydrogens is 210 g/mol. The number of fused-ring (bicyclic) bond motifs is 1. The molecule has 1 aromatic carbocycles. The number of benzene rings is 1. The predicted molar refractivity (Wildman–Crippen MR) is 63.2 cm³/mol. The Labute approximate surface area is 93.6 Å². The van der Waals surface area contributed by atoms with Crippen LogP contribution in [0.1, 0.15) is 17.8 Å². The van der Waals surface area contributed by atoms with E-state index in [-0.39, 0.29) is 0 Å². The van der Waals surface area contributed by atoms with Gasteiger partial charge in [0, 0.05) is 0 Å². The highest BCUT2D eigenvalue weighted by Crippen LogP contribution is 2.24. The van der Waals surface area contributed by atoms with Gasteiger partial charge in [-0.2, -0.15) is 0 Å². The Kier molecular flexibility index (Phi) is 2.93. The van der Waals surface area contributed by atoms with Gasteiger partial charge in [0.25, 0.3) is 0 Å². The van der Waals surface area contributed by atoms with Crippen molar-refractivity contribution >= 4 is 22.6 Å². The van der Waals surface area contributed by atoms with Crippen LogP contribution in [0.5, 0.6) is 0 Å². The fourth-order valence-corrected chi connectivity index (χ4v) is 1.99. The van der Waals surface area contributed by atoms with Crippen LogP contribution in [0.3, 0.4) is 0 Å². The van der Waals surface area contributed by atoms with E-state index < -0.39 is 0 Å². The smallest absolute Gasteiger partial charge is 0.107 e. The molecule has 0 unspecified atom stereocenters. The summed E-state index contributed by atoms with van der Waals surface area (Å²) in [6.07, 6.45) is 1.94. The average Bonchev–Trinajstić information content (AvgIpc) is 2.56. The minimum atomic E-state index is 0.706. The van der Waals surface area contributed by atoms with Crippen molar-refractivity contribution in [2.75, 3.05) is 6.54 Å². The van der Waals surface area contributed by atoms with Gasteiger partial charge in [0.15, 0.2) is 0 Å². The Morgan fingerprint density at radius 2 is 2.27 bits per heavy atom. The van der Waals surface area contributed by atoms with Crippen molar-refractivity contribution in [2.45, 2.75) is 19.8 Å². The van der Waals surface area contributed by atoms with E-state index in [1.807, 2.05) is 13.0 Å². The van der Waals surface area contributed by atoms with E-state index in [2.05, 4.69) is 16.0 Å². The SMILES string of the molecule is Cc1nc2c(Cl)cc(CCCN)cc2[nH]1. The normalized spacial score (nSPS) is 11.1. The van der Waals surface area contributed by atoms with Crippen LogP contribution >= 0.6 is 11.6 Å². The number of halogens is 1. The molecule has 3 nitrogen and oxygen atoms in total. The third kappa shape index (κ3) is 2.13. The maximum Gasteiger partial charge on any atom is 0.107 e. The number of nitrogens with two attached hydrogens (primary N) is 1. The van der Waals surface area contributed by atoms with Gasteiger partial charge in [0.1, 0.15) is 11.3 Å². The van der Waals surface area contributed by atoms with Crippen molar-refractivity contribution in [3.05, 3.63) is 28.5 Å². The summed E-state index contributed by atoms with van der Waals surface area (Å²) in [4.78, 5) is 7.51. The highest BCUT2D eigenvalue weighted by Gasteiger charge is 2.06. The molecule has 0 aliphatic carbocycles. The third-order valence-corrected chi connectivity index (χ3v) is 2.68. The molecule has 1 heterocycles. The largest absolute Gasteiger partial charge is 0.342 e. The Morgan fingerprint density at radius 1 is 1.47 bits per heavy atom. The van der Waals surface area contributed by atoms with Crippen molar-refractivity contribution in [3.8, 4) is 0 Å². The van der Waals surface area contributed by atoms with Crippen LogP contribution in [0.25, 0.3) is 11.0 Å². The molecule has 3 N–H and O–H groups in total. The Balaban J connectivity index is 2.42. The Morgan fingerprint density at radius 3 is 3.00 bits per heavy atom. The van der Waals surface area contributed by atoms with E-state index >= 15 is 0 Å². The monoisotopic (exact) mass is 223 g/mol. The maximum atomic E-state index is 6.14. The van der Waals surface area contributed by atoms with Crippen LogP contribution in [-0.4, -0.2) is 16.5 Å². The molecule has 0 saturated heterocycles. The lowest BCUT2D eigenvalue weighted by atomic mass is 10.1. The van der Waals surface area contributed by atoms with E-state index in [1.165, 1.54) is 5.56 Å². The number of rotatable bonds is 3. The van der Waals surface area contributed by atoms with E-state index in [9.17, 15) is 0 Å². The molecule has 0 saturated carbocycles. The van der Waals surface area contributed by atoms with Gasteiger partial charge < -0.3 is 10.7 Å². The molecule has 0 radical (unpaired) electrons. The molecule has 0 aliphatic rings. The number of aryl methyl sites for hydroxylation is 2. The minimum absolute atomic E-state index is 0.706. The van der Waals surface area contributed by atoms with Crippen molar-refractivity contribution < 1.29 is 0 Å². The molecule has 0 amide bonds. The molecule has 4 heteroatoms.